The van der Waals surface area contributed by atoms with Gasteiger partial charge in [0.05, 0.1) is 0 Å². The van der Waals surface area contributed by atoms with Crippen molar-refractivity contribution < 1.29 is 21.1 Å². The Balaban J connectivity index is 0.000000720. The van der Waals surface area contributed by atoms with E-state index in [-0.39, 0.29) is 21.1 Å². The average Bonchev–Trinajstić information content (AvgIpc) is 2.30. The fourth-order valence-corrected chi connectivity index (χ4v) is 1.35. The molecular formula is C10H10NW-. The van der Waals surface area contributed by atoms with Gasteiger partial charge >= 0.3 is 0 Å². The Morgan fingerprint density at radius 1 is 1.25 bits per heavy atom. The largest absolute Gasteiger partial charge is 0.380 e. The number of benzene rings is 1. The summed E-state index contributed by atoms with van der Waals surface area (Å²) in [4.78, 5) is 0. The van der Waals surface area contributed by atoms with E-state index in [0.29, 0.717) is 0 Å². The number of fused-ring (bicyclic) bond motifs is 1. The molecule has 62 valence electrons. The molecule has 0 spiro atoms. The molecule has 0 amide bonds. The van der Waals surface area contributed by atoms with E-state index in [2.05, 4.69) is 29.7 Å². The van der Waals surface area contributed by atoms with Crippen LogP contribution in [0.3, 0.4) is 0 Å². The molecule has 0 fully saturated rings. The van der Waals surface area contributed by atoms with Crippen LogP contribution in [0.25, 0.3) is 10.9 Å². The number of rotatable bonds is 0. The van der Waals surface area contributed by atoms with Gasteiger partial charge in [0.15, 0.2) is 0 Å². The van der Waals surface area contributed by atoms with Crippen molar-refractivity contribution in [1.29, 1.82) is 0 Å². The maximum Gasteiger partial charge on any atom is 0.0274 e. The van der Waals surface area contributed by atoms with Crippen LogP contribution in [0.2, 0.25) is 0 Å². The van der Waals surface area contributed by atoms with E-state index in [9.17, 15) is 0 Å². The summed E-state index contributed by atoms with van der Waals surface area (Å²) in [5, 5.41) is 1.26. The summed E-state index contributed by atoms with van der Waals surface area (Å²) in [6.07, 6.45) is 0. The van der Waals surface area contributed by atoms with Crippen molar-refractivity contribution in [3.63, 3.8) is 0 Å². The normalized spacial score (nSPS) is 9.75. The Bertz CT molecular complexity index is 390. The third-order valence-corrected chi connectivity index (χ3v) is 2.05. The first-order chi connectivity index (χ1) is 5.29. The van der Waals surface area contributed by atoms with E-state index in [1.54, 1.807) is 0 Å². The summed E-state index contributed by atoms with van der Waals surface area (Å²) >= 11 is 0. The predicted molar refractivity (Wildman–Crippen MR) is 47.4 cm³/mol. The van der Waals surface area contributed by atoms with Crippen molar-refractivity contribution in [2.75, 3.05) is 0 Å². The zero-order valence-corrected chi connectivity index (χ0v) is 9.88. The van der Waals surface area contributed by atoms with Gasteiger partial charge in [-0.2, -0.15) is 6.07 Å². The van der Waals surface area contributed by atoms with Crippen LogP contribution in [0, 0.1) is 6.92 Å². The quantitative estimate of drug-likeness (QED) is 0.655. The molecule has 0 N–H and O–H groups in total. The molecule has 0 aliphatic carbocycles. The fraction of sp³-hybridized carbons (Fsp3) is 0.100. The summed E-state index contributed by atoms with van der Waals surface area (Å²) in [5.41, 5.74) is 2.31. The molecule has 0 aliphatic rings. The molecule has 0 unspecified atom stereocenters. The van der Waals surface area contributed by atoms with Crippen molar-refractivity contribution >= 4 is 10.9 Å². The Morgan fingerprint density at radius 3 is 2.58 bits per heavy atom. The molecule has 2 rings (SSSR count). The minimum atomic E-state index is 0. The molecule has 1 nitrogen and oxygen atoms in total. The number of aryl methyl sites for hydroxylation is 1. The molecule has 1 aromatic heterocycles. The van der Waals surface area contributed by atoms with Gasteiger partial charge in [0.2, 0.25) is 0 Å². The van der Waals surface area contributed by atoms with Crippen molar-refractivity contribution in [3.8, 4) is 0 Å². The Labute approximate surface area is 86.7 Å². The van der Waals surface area contributed by atoms with Gasteiger partial charge in [-0.25, -0.2) is 6.92 Å². The van der Waals surface area contributed by atoms with E-state index in [0.717, 1.165) is 5.69 Å². The predicted octanol–water partition coefficient (Wildman–Crippen LogP) is 2.36. The number of para-hydroxylation sites is 1. The smallest absolute Gasteiger partial charge is 0.0274 e. The molecule has 0 atom stereocenters. The third kappa shape index (κ3) is 1.29. The number of aromatic nitrogens is 1. The molecule has 0 saturated heterocycles. The fourth-order valence-electron chi connectivity index (χ4n) is 1.35. The van der Waals surface area contributed by atoms with Gasteiger partial charge in [0.1, 0.15) is 0 Å². The minimum absolute atomic E-state index is 0. The van der Waals surface area contributed by atoms with Gasteiger partial charge in [-0.3, -0.25) is 0 Å². The maximum absolute atomic E-state index is 3.92. The topological polar surface area (TPSA) is 4.93 Å². The van der Waals surface area contributed by atoms with Crippen LogP contribution in [-0.2, 0) is 28.1 Å². The Kier molecular flexibility index (Phi) is 2.64. The van der Waals surface area contributed by atoms with Crippen molar-refractivity contribution in [2.45, 2.75) is 0 Å². The van der Waals surface area contributed by atoms with E-state index in [4.69, 9.17) is 0 Å². The SMILES string of the molecule is [CH2-]c1cc2ccccc2n1C.[W]. The van der Waals surface area contributed by atoms with Crippen molar-refractivity contribution in [3.05, 3.63) is 42.9 Å². The first-order valence-electron chi connectivity index (χ1n) is 3.65. The summed E-state index contributed by atoms with van der Waals surface area (Å²) in [7, 11) is 2.03. The van der Waals surface area contributed by atoms with Crippen LogP contribution in [0.15, 0.2) is 30.3 Å². The molecule has 0 bridgehead atoms. The number of nitrogens with zero attached hydrogens (tertiary/aromatic N) is 1. The Hall–Kier alpha value is -0.682. The van der Waals surface area contributed by atoms with Gasteiger partial charge < -0.3 is 4.57 Å². The molecular weight excluding hydrogens is 318 g/mol. The second kappa shape index (κ2) is 3.36. The molecule has 0 aliphatic heterocycles. The minimum Gasteiger partial charge on any atom is -0.380 e. The summed E-state index contributed by atoms with van der Waals surface area (Å²) in [5.74, 6) is 0. The van der Waals surface area contributed by atoms with Gasteiger partial charge in [0, 0.05) is 33.6 Å². The summed E-state index contributed by atoms with van der Waals surface area (Å²) in [6, 6.07) is 10.4. The van der Waals surface area contributed by atoms with Crippen LogP contribution in [0.5, 0.6) is 0 Å². The van der Waals surface area contributed by atoms with Crippen LogP contribution in [0.4, 0.5) is 0 Å². The van der Waals surface area contributed by atoms with Crippen molar-refractivity contribution in [2.24, 2.45) is 7.05 Å². The maximum atomic E-state index is 3.92. The van der Waals surface area contributed by atoms with Gasteiger partial charge in [-0.1, -0.05) is 23.6 Å². The van der Waals surface area contributed by atoms with Gasteiger partial charge in [-0.05, 0) is 6.07 Å². The first kappa shape index (κ1) is 9.41. The van der Waals surface area contributed by atoms with Crippen LogP contribution in [-0.4, -0.2) is 4.57 Å². The second-order valence-corrected chi connectivity index (χ2v) is 2.75. The molecule has 12 heavy (non-hydrogen) atoms. The zero-order chi connectivity index (χ0) is 7.84. The molecule has 2 heteroatoms. The monoisotopic (exact) mass is 328 g/mol. The molecule has 2 aromatic rings. The molecule has 1 heterocycles. The van der Waals surface area contributed by atoms with Crippen molar-refractivity contribution in [1.82, 2.24) is 4.57 Å². The van der Waals surface area contributed by atoms with E-state index in [1.807, 2.05) is 19.2 Å². The second-order valence-electron chi connectivity index (χ2n) is 2.75. The summed E-state index contributed by atoms with van der Waals surface area (Å²) < 4.78 is 2.09. The van der Waals surface area contributed by atoms with Gasteiger partial charge in [-0.15, -0.1) is 5.69 Å². The Morgan fingerprint density at radius 2 is 1.92 bits per heavy atom. The molecule has 0 radical (unpaired) electrons. The van der Waals surface area contributed by atoms with Crippen LogP contribution < -0.4 is 0 Å². The molecule has 0 saturated carbocycles. The standard InChI is InChI=1S/C10H10N.W/c1-8-7-9-5-3-4-6-10(9)11(8)2;/h3-7H,1H2,2H3;/q-1;. The average molecular weight is 328 g/mol. The van der Waals surface area contributed by atoms with E-state index >= 15 is 0 Å². The van der Waals surface area contributed by atoms with Crippen LogP contribution >= 0.6 is 0 Å². The van der Waals surface area contributed by atoms with Crippen LogP contribution in [0.1, 0.15) is 5.69 Å². The van der Waals surface area contributed by atoms with E-state index < -0.39 is 0 Å². The van der Waals surface area contributed by atoms with Gasteiger partial charge in [0.25, 0.3) is 0 Å². The molecule has 1 aromatic carbocycles. The zero-order valence-electron chi connectivity index (χ0n) is 6.95. The third-order valence-electron chi connectivity index (χ3n) is 2.05. The summed E-state index contributed by atoms with van der Waals surface area (Å²) in [6.45, 7) is 3.92. The number of hydrogen-bond acceptors (Lipinski definition) is 0. The number of hydrogen-bond donors (Lipinski definition) is 0. The van der Waals surface area contributed by atoms with E-state index in [1.165, 1.54) is 10.9 Å². The first-order valence-corrected chi connectivity index (χ1v) is 3.65.